The maximum absolute atomic E-state index is 6.00. The Kier molecular flexibility index (Phi) is 7.06. The lowest BCUT2D eigenvalue weighted by molar-refractivity contribution is 0.157. The molecule has 0 bridgehead atoms. The van der Waals surface area contributed by atoms with Gasteiger partial charge in [0.25, 0.3) is 0 Å². The number of benzene rings is 1. The van der Waals surface area contributed by atoms with Crippen LogP contribution in [0.25, 0.3) is 0 Å². The summed E-state index contributed by atoms with van der Waals surface area (Å²) in [6.07, 6.45) is 1.15. The molecule has 1 atom stereocenters. The maximum atomic E-state index is 6.00. The van der Waals surface area contributed by atoms with Crippen molar-refractivity contribution in [2.75, 3.05) is 20.2 Å². The number of hydrogen-bond donors (Lipinski definition) is 1. The molecule has 0 saturated carbocycles. The summed E-state index contributed by atoms with van der Waals surface area (Å²) >= 11 is 0. The predicted molar refractivity (Wildman–Crippen MR) is 81.1 cm³/mol. The second-order valence-electron chi connectivity index (χ2n) is 5.26. The molecule has 0 fully saturated rings. The van der Waals surface area contributed by atoms with Crippen molar-refractivity contribution in [3.8, 4) is 0 Å². The fourth-order valence-electron chi connectivity index (χ4n) is 2.50. The second kappa shape index (κ2) is 8.31. The molecule has 2 N–H and O–H groups in total. The van der Waals surface area contributed by atoms with Crippen LogP contribution in [-0.4, -0.2) is 31.1 Å². The summed E-state index contributed by atoms with van der Waals surface area (Å²) < 4.78 is 5.14. The zero-order valence-electron chi connectivity index (χ0n) is 12.7. The smallest absolute Gasteiger partial charge is 0.0713 e. The first-order valence-electron chi connectivity index (χ1n) is 7.17. The highest BCUT2D eigenvalue weighted by atomic mass is 16.5. The quantitative estimate of drug-likeness (QED) is 0.784. The molecule has 1 aromatic carbocycles. The summed E-state index contributed by atoms with van der Waals surface area (Å²) in [6, 6.07) is 9.43. The van der Waals surface area contributed by atoms with Gasteiger partial charge >= 0.3 is 0 Å². The molecule has 0 aromatic heterocycles. The molecule has 0 aliphatic heterocycles. The number of nitrogens with two attached hydrogens (primary N) is 1. The molecular formula is C16H28N2O. The summed E-state index contributed by atoms with van der Waals surface area (Å²) in [6.45, 7) is 9.08. The van der Waals surface area contributed by atoms with Crippen LogP contribution in [0.2, 0.25) is 0 Å². The molecule has 19 heavy (non-hydrogen) atoms. The summed E-state index contributed by atoms with van der Waals surface area (Å²) in [5.74, 6) is 0. The molecule has 3 heteroatoms. The Morgan fingerprint density at radius 3 is 2.26 bits per heavy atom. The van der Waals surface area contributed by atoms with Crippen LogP contribution in [0.3, 0.4) is 0 Å². The minimum Gasteiger partial charge on any atom is -0.380 e. The van der Waals surface area contributed by atoms with Gasteiger partial charge in [0.2, 0.25) is 0 Å². The predicted octanol–water partition coefficient (Wildman–Crippen LogP) is 2.95. The van der Waals surface area contributed by atoms with Gasteiger partial charge in [-0.05, 0) is 37.9 Å². The van der Waals surface area contributed by atoms with Gasteiger partial charge in [-0.1, -0.05) is 31.2 Å². The molecule has 0 spiro atoms. The van der Waals surface area contributed by atoms with E-state index < -0.39 is 0 Å². The molecule has 3 nitrogen and oxygen atoms in total. The molecule has 108 valence electrons. The van der Waals surface area contributed by atoms with E-state index in [1.807, 2.05) is 0 Å². The first-order valence-corrected chi connectivity index (χ1v) is 7.17. The van der Waals surface area contributed by atoms with Crippen LogP contribution >= 0.6 is 0 Å². The highest BCUT2D eigenvalue weighted by molar-refractivity contribution is 5.25. The average molecular weight is 264 g/mol. The lowest BCUT2D eigenvalue weighted by Gasteiger charge is -2.34. The van der Waals surface area contributed by atoms with E-state index in [4.69, 9.17) is 10.5 Å². The van der Waals surface area contributed by atoms with E-state index in [2.05, 4.69) is 49.9 Å². The topological polar surface area (TPSA) is 38.5 Å². The zero-order chi connectivity index (χ0) is 14.3. The van der Waals surface area contributed by atoms with E-state index in [1.54, 1.807) is 7.11 Å². The first-order chi connectivity index (χ1) is 9.13. The van der Waals surface area contributed by atoms with Gasteiger partial charge in [-0.3, -0.25) is 4.90 Å². The van der Waals surface area contributed by atoms with Crippen molar-refractivity contribution in [1.82, 2.24) is 4.90 Å². The van der Waals surface area contributed by atoms with E-state index in [1.165, 1.54) is 11.1 Å². The van der Waals surface area contributed by atoms with Crippen molar-refractivity contribution in [2.45, 2.75) is 45.9 Å². The number of nitrogens with zero attached hydrogens (tertiary/aromatic N) is 1. The molecule has 0 amide bonds. The minimum atomic E-state index is 0.302. The fourth-order valence-corrected chi connectivity index (χ4v) is 2.50. The normalized spacial score (nSPS) is 13.2. The molecule has 0 aliphatic rings. The van der Waals surface area contributed by atoms with Gasteiger partial charge in [-0.15, -0.1) is 0 Å². The Morgan fingerprint density at radius 2 is 1.84 bits per heavy atom. The van der Waals surface area contributed by atoms with E-state index >= 15 is 0 Å². The Hall–Kier alpha value is -0.900. The van der Waals surface area contributed by atoms with Gasteiger partial charge in [0.05, 0.1) is 6.61 Å². The highest BCUT2D eigenvalue weighted by Crippen LogP contribution is 2.23. The van der Waals surface area contributed by atoms with Gasteiger partial charge in [-0.25, -0.2) is 0 Å². The van der Waals surface area contributed by atoms with Crippen molar-refractivity contribution >= 4 is 0 Å². The number of methoxy groups -OCH3 is 1. The summed E-state index contributed by atoms with van der Waals surface area (Å²) in [5, 5.41) is 0. The molecule has 0 heterocycles. The van der Waals surface area contributed by atoms with Crippen molar-refractivity contribution in [3.05, 3.63) is 35.4 Å². The molecule has 1 rings (SSSR count). The molecule has 0 aliphatic carbocycles. The number of rotatable bonds is 8. The van der Waals surface area contributed by atoms with Crippen molar-refractivity contribution in [3.63, 3.8) is 0 Å². The third-order valence-corrected chi connectivity index (χ3v) is 3.44. The Morgan fingerprint density at radius 1 is 1.21 bits per heavy atom. The third kappa shape index (κ3) is 4.60. The van der Waals surface area contributed by atoms with Gasteiger partial charge in [0, 0.05) is 25.7 Å². The summed E-state index contributed by atoms with van der Waals surface area (Å²) in [5.41, 5.74) is 8.50. The Labute approximate surface area is 117 Å². The molecule has 1 aromatic rings. The van der Waals surface area contributed by atoms with Crippen LogP contribution in [0.4, 0.5) is 0 Å². The molecule has 0 radical (unpaired) electrons. The summed E-state index contributed by atoms with van der Waals surface area (Å²) in [7, 11) is 1.72. The molecule has 0 saturated heterocycles. The zero-order valence-corrected chi connectivity index (χ0v) is 12.7. The standard InChI is InChI=1S/C16H28N2O/c1-5-10-18(13(2)3)16(11-17)15-8-6-14(7-9-15)12-19-4/h6-9,13,16H,5,10-12,17H2,1-4H3. The van der Waals surface area contributed by atoms with Gasteiger partial charge in [-0.2, -0.15) is 0 Å². The van der Waals surface area contributed by atoms with E-state index in [9.17, 15) is 0 Å². The van der Waals surface area contributed by atoms with Gasteiger partial charge in [0.1, 0.15) is 0 Å². The van der Waals surface area contributed by atoms with Crippen LogP contribution in [0.5, 0.6) is 0 Å². The summed E-state index contributed by atoms with van der Waals surface area (Å²) in [4.78, 5) is 2.48. The molecular weight excluding hydrogens is 236 g/mol. The number of ether oxygens (including phenoxy) is 1. The maximum Gasteiger partial charge on any atom is 0.0713 e. The minimum absolute atomic E-state index is 0.302. The monoisotopic (exact) mass is 264 g/mol. The van der Waals surface area contributed by atoms with Gasteiger partial charge in [0.15, 0.2) is 0 Å². The largest absolute Gasteiger partial charge is 0.380 e. The first kappa shape index (κ1) is 16.2. The Bertz CT molecular complexity index is 348. The van der Waals surface area contributed by atoms with E-state index in [-0.39, 0.29) is 0 Å². The third-order valence-electron chi connectivity index (χ3n) is 3.44. The van der Waals surface area contributed by atoms with Crippen LogP contribution in [0.15, 0.2) is 24.3 Å². The van der Waals surface area contributed by atoms with Crippen LogP contribution < -0.4 is 5.73 Å². The van der Waals surface area contributed by atoms with Crippen LogP contribution in [0, 0.1) is 0 Å². The highest BCUT2D eigenvalue weighted by Gasteiger charge is 2.20. The van der Waals surface area contributed by atoms with Crippen molar-refractivity contribution in [1.29, 1.82) is 0 Å². The Balaban J connectivity index is 2.88. The average Bonchev–Trinajstić information content (AvgIpc) is 2.40. The lowest BCUT2D eigenvalue weighted by atomic mass is 10.0. The van der Waals surface area contributed by atoms with E-state index in [0.717, 1.165) is 13.0 Å². The van der Waals surface area contributed by atoms with Gasteiger partial charge < -0.3 is 10.5 Å². The van der Waals surface area contributed by atoms with Crippen LogP contribution in [0.1, 0.15) is 44.4 Å². The molecule has 1 unspecified atom stereocenters. The number of hydrogen-bond acceptors (Lipinski definition) is 3. The van der Waals surface area contributed by atoms with Crippen LogP contribution in [-0.2, 0) is 11.3 Å². The fraction of sp³-hybridized carbons (Fsp3) is 0.625. The second-order valence-corrected chi connectivity index (χ2v) is 5.26. The van der Waals surface area contributed by atoms with Crippen molar-refractivity contribution < 1.29 is 4.74 Å². The SMILES string of the molecule is CCCN(C(C)C)C(CN)c1ccc(COC)cc1. The lowest BCUT2D eigenvalue weighted by Crippen LogP contribution is -2.39. The van der Waals surface area contributed by atoms with Crippen molar-refractivity contribution in [2.24, 2.45) is 5.73 Å². The van der Waals surface area contributed by atoms with E-state index in [0.29, 0.717) is 25.2 Å².